The van der Waals surface area contributed by atoms with Crippen LogP contribution < -0.4 is 31.3 Å². The predicted octanol–water partition coefficient (Wildman–Crippen LogP) is 7.00. The van der Waals surface area contributed by atoms with Crippen molar-refractivity contribution in [2.45, 2.75) is 31.1 Å². The largest absolute Gasteiger partial charge is 0.335 e. The molecule has 0 fully saturated rings. The Morgan fingerprint density at radius 3 is 2.32 bits per heavy atom. The standard InChI is InChI=1S/C43H32BN3/c1-5-16-30(17-6-1)45-37-24-12-4-11-22-33(37)34-28-36-42(29-41(34)45)47(32-20-9-3-10-21-32)40-27-15-26-39-43(40)44(36)35-23-13-14-25-38(35)46(39)31-18-7-2-8-19-31/h1-3,5,7-11,13-16,18-23,25-29,36,42H,4,6,17H2. The van der Waals surface area contributed by atoms with E-state index in [4.69, 9.17) is 0 Å². The van der Waals surface area contributed by atoms with Crippen LogP contribution in [0.5, 0.6) is 0 Å². The summed E-state index contributed by atoms with van der Waals surface area (Å²) in [5.41, 5.74) is 12.7. The molecule has 0 saturated heterocycles. The topological polar surface area (TPSA) is 11.4 Å². The summed E-state index contributed by atoms with van der Waals surface area (Å²) >= 11 is 0. The van der Waals surface area contributed by atoms with Crippen LogP contribution in [0.3, 0.4) is 0 Å². The quantitative estimate of drug-likeness (QED) is 0.163. The second-order valence-electron chi connectivity index (χ2n) is 13.0. The maximum Gasteiger partial charge on any atom is 0.226 e. The Kier molecular flexibility index (Phi) is 5.90. The molecule has 0 saturated carbocycles. The van der Waals surface area contributed by atoms with Crippen LogP contribution >= 0.6 is 0 Å². The van der Waals surface area contributed by atoms with Gasteiger partial charge in [-0.15, -0.1) is 0 Å². The molecule has 2 atom stereocenters. The number of hydrogen-bond acceptors (Lipinski definition) is 2. The van der Waals surface area contributed by atoms with Crippen LogP contribution in [0.15, 0.2) is 127 Å². The smallest absolute Gasteiger partial charge is 0.226 e. The summed E-state index contributed by atoms with van der Waals surface area (Å²) in [6.45, 7) is 0.198. The molecule has 0 bridgehead atoms. The molecule has 4 aromatic carbocycles. The van der Waals surface area contributed by atoms with Gasteiger partial charge < -0.3 is 14.4 Å². The molecule has 222 valence electrons. The molecule has 5 aliphatic rings. The number of aromatic nitrogens is 1. The van der Waals surface area contributed by atoms with Gasteiger partial charge in [0.2, 0.25) is 6.71 Å². The van der Waals surface area contributed by atoms with Crippen molar-refractivity contribution in [2.75, 3.05) is 9.80 Å². The third-order valence-corrected chi connectivity index (χ3v) is 10.5. The van der Waals surface area contributed by atoms with E-state index in [-0.39, 0.29) is 18.6 Å². The van der Waals surface area contributed by atoms with E-state index >= 15 is 0 Å². The van der Waals surface area contributed by atoms with E-state index in [2.05, 4.69) is 172 Å². The molecule has 3 aliphatic carbocycles. The zero-order valence-electron chi connectivity index (χ0n) is 26.1. The Bertz CT molecular complexity index is 2370. The Labute approximate surface area is 275 Å². The molecule has 0 N–H and O–H groups in total. The maximum atomic E-state index is 3.60. The van der Waals surface area contributed by atoms with Crippen LogP contribution in [0.4, 0.5) is 28.4 Å². The van der Waals surface area contributed by atoms with Crippen molar-refractivity contribution in [2.24, 2.45) is 0 Å². The molecule has 0 spiro atoms. The number of fused-ring (bicyclic) bond motifs is 7. The SMILES string of the molecule is C1#Cc2c(c3c(n2C2=CC=CCC2)=CC2C(C=3)B3c4ccccc4N(c4ccccc4)c4cccc(c43)N2c2ccccc2)C=CC1. The second-order valence-corrected chi connectivity index (χ2v) is 13.0. The molecule has 2 unspecified atom stereocenters. The van der Waals surface area contributed by atoms with E-state index in [1.54, 1.807) is 0 Å². The molecule has 4 heteroatoms. The fraction of sp³-hybridized carbons (Fsp3) is 0.116. The highest BCUT2D eigenvalue weighted by atomic mass is 15.2. The Hall–Kier alpha value is -5.66. The van der Waals surface area contributed by atoms with E-state index in [1.165, 1.54) is 61.2 Å². The van der Waals surface area contributed by atoms with Crippen LogP contribution in [-0.2, 0) is 0 Å². The van der Waals surface area contributed by atoms with Gasteiger partial charge in [-0.3, -0.25) is 0 Å². The van der Waals surface area contributed by atoms with Gasteiger partial charge in [-0.05, 0) is 90.1 Å². The van der Waals surface area contributed by atoms with Crippen molar-refractivity contribution < 1.29 is 0 Å². The third kappa shape index (κ3) is 3.90. The number of hydrogen-bond donors (Lipinski definition) is 0. The van der Waals surface area contributed by atoms with Crippen LogP contribution in [0.2, 0.25) is 5.82 Å². The van der Waals surface area contributed by atoms with Gasteiger partial charge in [0.05, 0.1) is 11.4 Å². The van der Waals surface area contributed by atoms with Crippen molar-refractivity contribution in [1.29, 1.82) is 0 Å². The van der Waals surface area contributed by atoms with Gasteiger partial charge in [0.25, 0.3) is 0 Å². The lowest BCUT2D eigenvalue weighted by Gasteiger charge is -2.49. The lowest BCUT2D eigenvalue weighted by atomic mass is 9.29. The lowest BCUT2D eigenvalue weighted by molar-refractivity contribution is 0.806. The van der Waals surface area contributed by atoms with Crippen LogP contribution in [0.25, 0.3) is 23.9 Å². The van der Waals surface area contributed by atoms with Gasteiger partial charge in [0, 0.05) is 51.3 Å². The van der Waals surface area contributed by atoms with Gasteiger partial charge in [0.1, 0.15) is 5.69 Å². The number of para-hydroxylation sites is 3. The van der Waals surface area contributed by atoms with Crippen LogP contribution in [0, 0.1) is 11.8 Å². The van der Waals surface area contributed by atoms with E-state index in [1.807, 2.05) is 0 Å². The Morgan fingerprint density at radius 1 is 0.723 bits per heavy atom. The fourth-order valence-electron chi connectivity index (χ4n) is 8.63. The van der Waals surface area contributed by atoms with Gasteiger partial charge in [-0.2, -0.15) is 0 Å². The summed E-state index contributed by atoms with van der Waals surface area (Å²) in [4.78, 5) is 5.08. The van der Waals surface area contributed by atoms with Gasteiger partial charge >= 0.3 is 0 Å². The number of nitrogens with zero attached hydrogens (tertiary/aromatic N) is 3. The summed E-state index contributed by atoms with van der Waals surface area (Å²) in [7, 11) is 0. The highest BCUT2D eigenvalue weighted by molar-refractivity contribution is 6.92. The fourth-order valence-corrected chi connectivity index (χ4v) is 8.63. The first-order valence-electron chi connectivity index (χ1n) is 16.8. The van der Waals surface area contributed by atoms with Crippen molar-refractivity contribution in [3.63, 3.8) is 0 Å². The summed E-state index contributed by atoms with van der Waals surface area (Å²) in [6.07, 6.45) is 19.3. The zero-order valence-corrected chi connectivity index (χ0v) is 26.1. The monoisotopic (exact) mass is 601 g/mol. The number of allylic oxidation sites excluding steroid dienone is 5. The Balaban J connectivity index is 1.30. The minimum atomic E-state index is 0.114. The molecule has 3 nitrogen and oxygen atoms in total. The second kappa shape index (κ2) is 10.4. The average Bonchev–Trinajstić information content (AvgIpc) is 3.24. The molecule has 0 radical (unpaired) electrons. The van der Waals surface area contributed by atoms with Gasteiger partial charge in [-0.1, -0.05) is 97.0 Å². The highest BCUT2D eigenvalue weighted by Crippen LogP contribution is 2.47. The minimum absolute atomic E-state index is 0.114. The predicted molar refractivity (Wildman–Crippen MR) is 198 cm³/mol. The van der Waals surface area contributed by atoms with Crippen molar-refractivity contribution >= 4 is 70.0 Å². The van der Waals surface area contributed by atoms with Crippen molar-refractivity contribution in [1.82, 2.24) is 4.57 Å². The summed E-state index contributed by atoms with van der Waals surface area (Å²) in [6, 6.07) is 37.9. The normalized spacial score (nSPS) is 19.4. The average molecular weight is 602 g/mol. The molecule has 10 rings (SSSR count). The third-order valence-electron chi connectivity index (χ3n) is 10.5. The molecule has 2 aliphatic heterocycles. The summed E-state index contributed by atoms with van der Waals surface area (Å²) in [5, 5.41) is 2.59. The number of benzene rings is 4. The summed E-state index contributed by atoms with van der Waals surface area (Å²) in [5.74, 6) is 7.24. The minimum Gasteiger partial charge on any atom is -0.335 e. The van der Waals surface area contributed by atoms with Crippen LogP contribution in [0.1, 0.15) is 30.5 Å². The molecular formula is C43H32BN3. The summed E-state index contributed by atoms with van der Waals surface area (Å²) < 4.78 is 2.48. The first kappa shape index (κ1) is 26.6. The zero-order chi connectivity index (χ0) is 30.9. The van der Waals surface area contributed by atoms with E-state index in [0.717, 1.165) is 25.0 Å². The van der Waals surface area contributed by atoms with Crippen molar-refractivity contribution in [3.05, 3.63) is 149 Å². The molecule has 5 aromatic rings. The van der Waals surface area contributed by atoms with Crippen molar-refractivity contribution in [3.8, 4) is 11.8 Å². The van der Waals surface area contributed by atoms with Gasteiger partial charge in [-0.25, -0.2) is 0 Å². The first-order chi connectivity index (χ1) is 23.4. The molecule has 1 aromatic heterocycles. The van der Waals surface area contributed by atoms with E-state index in [9.17, 15) is 0 Å². The van der Waals surface area contributed by atoms with E-state index in [0.29, 0.717) is 0 Å². The van der Waals surface area contributed by atoms with Gasteiger partial charge in [0.15, 0.2) is 0 Å². The molecular weight excluding hydrogens is 569 g/mol. The van der Waals surface area contributed by atoms with Crippen LogP contribution in [-0.4, -0.2) is 17.3 Å². The Morgan fingerprint density at radius 2 is 1.49 bits per heavy atom. The number of anilines is 5. The maximum absolute atomic E-state index is 3.60. The molecule has 3 heterocycles. The van der Waals surface area contributed by atoms with E-state index < -0.39 is 0 Å². The number of rotatable bonds is 3. The highest BCUT2D eigenvalue weighted by Gasteiger charge is 2.49. The lowest BCUT2D eigenvalue weighted by Crippen LogP contribution is -2.62. The molecule has 47 heavy (non-hydrogen) atoms. The first-order valence-corrected chi connectivity index (χ1v) is 16.8. The molecule has 0 amide bonds.